The SMILES string of the molecule is CC1CC(N)CN(C(C)C(=O)NC(C)(C)C)C1. The van der Waals surface area contributed by atoms with Crippen molar-refractivity contribution in [3.63, 3.8) is 0 Å². The van der Waals surface area contributed by atoms with Gasteiger partial charge in [-0.25, -0.2) is 0 Å². The van der Waals surface area contributed by atoms with Crippen molar-refractivity contribution in [2.24, 2.45) is 11.7 Å². The molecule has 0 aromatic heterocycles. The molecule has 3 atom stereocenters. The van der Waals surface area contributed by atoms with E-state index in [1.54, 1.807) is 0 Å². The highest BCUT2D eigenvalue weighted by atomic mass is 16.2. The van der Waals surface area contributed by atoms with Crippen LogP contribution in [-0.2, 0) is 4.79 Å². The number of hydrogen-bond donors (Lipinski definition) is 2. The second-order valence-corrected chi connectivity index (χ2v) is 6.47. The zero-order chi connectivity index (χ0) is 13.2. The molecular weight excluding hydrogens is 214 g/mol. The molecule has 1 rings (SSSR count). The molecule has 1 aliphatic heterocycles. The molecule has 17 heavy (non-hydrogen) atoms. The predicted molar refractivity (Wildman–Crippen MR) is 70.7 cm³/mol. The quantitative estimate of drug-likeness (QED) is 0.757. The van der Waals surface area contributed by atoms with E-state index in [0.29, 0.717) is 5.92 Å². The van der Waals surface area contributed by atoms with E-state index < -0.39 is 0 Å². The van der Waals surface area contributed by atoms with Crippen molar-refractivity contribution in [3.8, 4) is 0 Å². The lowest BCUT2D eigenvalue weighted by Gasteiger charge is -2.38. The Morgan fingerprint density at radius 3 is 2.47 bits per heavy atom. The molecular formula is C13H27N3O. The first kappa shape index (κ1) is 14.5. The Morgan fingerprint density at radius 2 is 2.00 bits per heavy atom. The maximum atomic E-state index is 12.1. The molecule has 3 unspecified atom stereocenters. The largest absolute Gasteiger partial charge is 0.350 e. The van der Waals surface area contributed by atoms with Crippen molar-refractivity contribution >= 4 is 5.91 Å². The van der Waals surface area contributed by atoms with Crippen LogP contribution in [-0.4, -0.2) is 41.5 Å². The van der Waals surface area contributed by atoms with Gasteiger partial charge in [0.1, 0.15) is 0 Å². The van der Waals surface area contributed by atoms with Crippen LogP contribution in [0.1, 0.15) is 41.0 Å². The van der Waals surface area contributed by atoms with Crippen LogP contribution >= 0.6 is 0 Å². The first-order valence-corrected chi connectivity index (χ1v) is 6.50. The highest BCUT2D eigenvalue weighted by molar-refractivity contribution is 5.81. The van der Waals surface area contributed by atoms with E-state index in [1.807, 2.05) is 27.7 Å². The van der Waals surface area contributed by atoms with E-state index in [9.17, 15) is 4.79 Å². The Bertz CT molecular complexity index is 262. The van der Waals surface area contributed by atoms with Crippen molar-refractivity contribution in [3.05, 3.63) is 0 Å². The van der Waals surface area contributed by atoms with Gasteiger partial charge in [-0.05, 0) is 40.0 Å². The van der Waals surface area contributed by atoms with E-state index in [1.165, 1.54) is 0 Å². The molecule has 4 nitrogen and oxygen atoms in total. The summed E-state index contributed by atoms with van der Waals surface area (Å²) in [5, 5.41) is 3.02. The minimum Gasteiger partial charge on any atom is -0.350 e. The van der Waals surface area contributed by atoms with E-state index in [0.717, 1.165) is 19.5 Å². The van der Waals surface area contributed by atoms with Crippen molar-refractivity contribution in [2.75, 3.05) is 13.1 Å². The van der Waals surface area contributed by atoms with Crippen LogP contribution in [0.4, 0.5) is 0 Å². The number of rotatable bonds is 2. The zero-order valence-corrected chi connectivity index (χ0v) is 11.8. The second kappa shape index (κ2) is 5.36. The molecule has 0 spiro atoms. The molecule has 1 aliphatic rings. The summed E-state index contributed by atoms with van der Waals surface area (Å²) in [6, 6.07) is 0.103. The Labute approximate surface area is 105 Å². The van der Waals surface area contributed by atoms with Gasteiger partial charge in [-0.15, -0.1) is 0 Å². The van der Waals surface area contributed by atoms with Gasteiger partial charge in [-0.3, -0.25) is 9.69 Å². The summed E-state index contributed by atoms with van der Waals surface area (Å²) < 4.78 is 0. The number of piperidine rings is 1. The second-order valence-electron chi connectivity index (χ2n) is 6.47. The summed E-state index contributed by atoms with van der Waals surface area (Å²) in [6.45, 7) is 12.0. The number of amides is 1. The van der Waals surface area contributed by atoms with E-state index in [4.69, 9.17) is 5.73 Å². The molecule has 0 radical (unpaired) electrons. The first-order chi connectivity index (χ1) is 7.69. The van der Waals surface area contributed by atoms with Crippen LogP contribution < -0.4 is 11.1 Å². The predicted octanol–water partition coefficient (Wildman–Crippen LogP) is 0.959. The van der Waals surface area contributed by atoms with Crippen molar-refractivity contribution in [1.82, 2.24) is 10.2 Å². The Hall–Kier alpha value is -0.610. The molecule has 0 aromatic rings. The van der Waals surface area contributed by atoms with Crippen LogP contribution in [0.25, 0.3) is 0 Å². The lowest BCUT2D eigenvalue weighted by molar-refractivity contribution is -0.128. The number of carbonyl (C=O) groups is 1. The molecule has 4 heteroatoms. The van der Waals surface area contributed by atoms with Gasteiger partial charge in [0.25, 0.3) is 0 Å². The molecule has 0 aliphatic carbocycles. The Balaban J connectivity index is 2.57. The van der Waals surface area contributed by atoms with Crippen LogP contribution in [0.15, 0.2) is 0 Å². The van der Waals surface area contributed by atoms with Crippen LogP contribution in [0.5, 0.6) is 0 Å². The topological polar surface area (TPSA) is 58.4 Å². The Morgan fingerprint density at radius 1 is 1.41 bits per heavy atom. The number of nitrogens with two attached hydrogens (primary N) is 1. The van der Waals surface area contributed by atoms with Crippen molar-refractivity contribution < 1.29 is 4.79 Å². The summed E-state index contributed by atoms with van der Waals surface area (Å²) in [5.41, 5.74) is 5.84. The lowest BCUT2D eigenvalue weighted by atomic mass is 9.95. The highest BCUT2D eigenvalue weighted by Crippen LogP contribution is 2.17. The van der Waals surface area contributed by atoms with Crippen LogP contribution in [0.3, 0.4) is 0 Å². The maximum Gasteiger partial charge on any atom is 0.237 e. The molecule has 1 fully saturated rings. The van der Waals surface area contributed by atoms with E-state index in [-0.39, 0.29) is 23.5 Å². The standard InChI is InChI=1S/C13H27N3O/c1-9-6-11(14)8-16(7-9)10(2)12(17)15-13(3,4)5/h9-11H,6-8,14H2,1-5H3,(H,15,17). The fraction of sp³-hybridized carbons (Fsp3) is 0.923. The smallest absolute Gasteiger partial charge is 0.237 e. The van der Waals surface area contributed by atoms with Gasteiger partial charge in [0, 0.05) is 24.7 Å². The van der Waals surface area contributed by atoms with Crippen LogP contribution in [0.2, 0.25) is 0 Å². The molecule has 1 saturated heterocycles. The lowest BCUT2D eigenvalue weighted by Crippen LogP contribution is -2.56. The van der Waals surface area contributed by atoms with Crippen LogP contribution in [0, 0.1) is 5.92 Å². The summed E-state index contributed by atoms with van der Waals surface area (Å²) in [6.07, 6.45) is 1.06. The summed E-state index contributed by atoms with van der Waals surface area (Å²) in [7, 11) is 0. The van der Waals surface area contributed by atoms with Gasteiger partial charge in [0.2, 0.25) is 5.91 Å². The van der Waals surface area contributed by atoms with Crippen molar-refractivity contribution in [2.45, 2.75) is 58.7 Å². The van der Waals surface area contributed by atoms with Gasteiger partial charge in [-0.1, -0.05) is 6.92 Å². The molecule has 3 N–H and O–H groups in total. The summed E-state index contributed by atoms with van der Waals surface area (Å²) in [4.78, 5) is 14.3. The number of nitrogens with one attached hydrogen (secondary N) is 1. The maximum absolute atomic E-state index is 12.1. The fourth-order valence-corrected chi connectivity index (χ4v) is 2.40. The van der Waals surface area contributed by atoms with Gasteiger partial charge in [-0.2, -0.15) is 0 Å². The number of likely N-dealkylation sites (tertiary alicyclic amines) is 1. The zero-order valence-electron chi connectivity index (χ0n) is 11.8. The van der Waals surface area contributed by atoms with E-state index in [2.05, 4.69) is 17.1 Å². The molecule has 0 saturated carbocycles. The van der Waals surface area contributed by atoms with Crippen molar-refractivity contribution in [1.29, 1.82) is 0 Å². The van der Waals surface area contributed by atoms with Gasteiger partial charge < -0.3 is 11.1 Å². The minimum absolute atomic E-state index is 0.0944. The first-order valence-electron chi connectivity index (χ1n) is 6.50. The third-order valence-electron chi connectivity index (χ3n) is 3.15. The number of nitrogens with zero attached hydrogens (tertiary/aromatic N) is 1. The Kier molecular flexibility index (Phi) is 4.55. The third kappa shape index (κ3) is 4.64. The average molecular weight is 241 g/mol. The molecule has 100 valence electrons. The molecule has 1 amide bonds. The number of carbonyl (C=O) groups excluding carboxylic acids is 1. The van der Waals surface area contributed by atoms with Gasteiger partial charge >= 0.3 is 0 Å². The molecule has 0 aromatic carbocycles. The van der Waals surface area contributed by atoms with Gasteiger partial charge in [0.15, 0.2) is 0 Å². The summed E-state index contributed by atoms with van der Waals surface area (Å²) in [5.74, 6) is 0.669. The number of hydrogen-bond acceptors (Lipinski definition) is 3. The minimum atomic E-state index is -0.172. The van der Waals surface area contributed by atoms with E-state index >= 15 is 0 Å². The third-order valence-corrected chi connectivity index (χ3v) is 3.15. The molecule has 0 bridgehead atoms. The average Bonchev–Trinajstić information content (AvgIpc) is 2.12. The highest BCUT2D eigenvalue weighted by Gasteiger charge is 2.30. The fourth-order valence-electron chi connectivity index (χ4n) is 2.40. The molecule has 1 heterocycles. The monoisotopic (exact) mass is 241 g/mol. The normalized spacial score (nSPS) is 28.8. The van der Waals surface area contributed by atoms with Gasteiger partial charge in [0.05, 0.1) is 6.04 Å². The summed E-state index contributed by atoms with van der Waals surface area (Å²) >= 11 is 0.